The lowest BCUT2D eigenvalue weighted by Gasteiger charge is -2.26. The number of benzene rings is 3. The van der Waals surface area contributed by atoms with Crippen molar-refractivity contribution in [3.63, 3.8) is 0 Å². The summed E-state index contributed by atoms with van der Waals surface area (Å²) in [6, 6.07) is 19.5. The summed E-state index contributed by atoms with van der Waals surface area (Å²) in [5.74, 6) is -0.207. The number of esters is 1. The van der Waals surface area contributed by atoms with Crippen LogP contribution in [0.2, 0.25) is 0 Å². The molecule has 0 unspecified atom stereocenters. The minimum atomic E-state index is -3.74. The molecule has 2 aliphatic rings. The predicted molar refractivity (Wildman–Crippen MR) is 180 cm³/mol. The average molecular weight is 656 g/mol. The summed E-state index contributed by atoms with van der Waals surface area (Å²) in [5, 5.41) is 3.32. The number of nitrogens with one attached hydrogen (secondary N) is 1. The van der Waals surface area contributed by atoms with E-state index in [9.17, 15) is 18.0 Å². The van der Waals surface area contributed by atoms with Crippen molar-refractivity contribution in [2.24, 2.45) is 0 Å². The molecule has 2 heterocycles. The summed E-state index contributed by atoms with van der Waals surface area (Å²) >= 11 is 0. The minimum absolute atomic E-state index is 0.0564. The number of piperidine rings is 1. The summed E-state index contributed by atoms with van der Waals surface area (Å²) in [6.07, 6.45) is 6.95. The van der Waals surface area contributed by atoms with E-state index in [1.807, 2.05) is 48.5 Å². The van der Waals surface area contributed by atoms with Crippen LogP contribution in [0.3, 0.4) is 0 Å². The largest absolute Gasteiger partial charge is 0.497 e. The SMILES string of the molecule is COc1ccc(/C=C2\CCCc3c2nc2ccccc2c3C(=O)OCC(=O)Nc2cc(S(=O)(=O)N3CCCCC3)ccc2OC)cc1. The summed E-state index contributed by atoms with van der Waals surface area (Å²) in [4.78, 5) is 31.8. The molecule has 0 saturated carbocycles. The Hall–Kier alpha value is -4.74. The standard InChI is InChI=1S/C36H37N3O7S/c1-44-26-15-13-24(14-16-26)21-25-9-8-11-29-34(28-10-4-5-12-30(28)38-35(25)29)36(41)46-23-33(40)37-31-22-27(17-18-32(31)45-2)47(42,43)39-19-6-3-7-20-39/h4-5,10,12-18,21-22H,3,6-9,11,19-20,23H2,1-2H3,(H,37,40)/b25-21+. The van der Waals surface area contributed by atoms with Crippen molar-refractivity contribution < 1.29 is 32.2 Å². The number of fused-ring (bicyclic) bond motifs is 2. The van der Waals surface area contributed by atoms with Crippen molar-refractivity contribution in [3.05, 3.63) is 89.1 Å². The Balaban J connectivity index is 1.24. The minimum Gasteiger partial charge on any atom is -0.497 e. The maximum Gasteiger partial charge on any atom is 0.339 e. The van der Waals surface area contributed by atoms with Gasteiger partial charge in [0.1, 0.15) is 11.5 Å². The summed E-state index contributed by atoms with van der Waals surface area (Å²) in [7, 11) is -0.683. The van der Waals surface area contributed by atoms with Crippen LogP contribution in [0.5, 0.6) is 11.5 Å². The Labute approximate surface area is 274 Å². The molecule has 0 bridgehead atoms. The molecule has 244 valence electrons. The van der Waals surface area contributed by atoms with Gasteiger partial charge in [0.05, 0.1) is 41.6 Å². The molecule has 4 aromatic rings. The smallest absolute Gasteiger partial charge is 0.339 e. The lowest BCUT2D eigenvalue weighted by Crippen LogP contribution is -2.35. The maximum atomic E-state index is 13.7. The van der Waals surface area contributed by atoms with E-state index in [2.05, 4.69) is 11.4 Å². The quantitative estimate of drug-likeness (QED) is 0.215. The maximum absolute atomic E-state index is 13.7. The molecule has 1 aromatic heterocycles. The average Bonchev–Trinajstić information content (AvgIpc) is 3.10. The first-order chi connectivity index (χ1) is 22.8. The number of rotatable bonds is 9. The third-order valence-electron chi connectivity index (χ3n) is 8.56. The third kappa shape index (κ3) is 6.86. The van der Waals surface area contributed by atoms with Crippen LogP contribution >= 0.6 is 0 Å². The number of nitrogens with zero attached hydrogens (tertiary/aromatic N) is 2. The van der Waals surface area contributed by atoms with Gasteiger partial charge >= 0.3 is 5.97 Å². The summed E-state index contributed by atoms with van der Waals surface area (Å²) < 4.78 is 44.3. The van der Waals surface area contributed by atoms with Gasteiger partial charge in [0.25, 0.3) is 5.91 Å². The van der Waals surface area contributed by atoms with Crippen molar-refractivity contribution >= 4 is 50.1 Å². The topological polar surface area (TPSA) is 124 Å². The first-order valence-corrected chi connectivity index (χ1v) is 17.1. The highest BCUT2D eigenvalue weighted by atomic mass is 32.2. The number of amides is 1. The Morgan fingerprint density at radius 1 is 0.915 bits per heavy atom. The first kappa shape index (κ1) is 32.2. The van der Waals surface area contributed by atoms with Crippen LogP contribution in [0.1, 0.15) is 59.3 Å². The number of hydrogen-bond donors (Lipinski definition) is 1. The molecule has 0 radical (unpaired) electrons. The van der Waals surface area contributed by atoms with Crippen LogP contribution in [0.4, 0.5) is 5.69 Å². The van der Waals surface area contributed by atoms with Crippen molar-refractivity contribution in [1.82, 2.24) is 9.29 Å². The molecule has 6 rings (SSSR count). The number of ether oxygens (including phenoxy) is 3. The van der Waals surface area contributed by atoms with E-state index in [4.69, 9.17) is 19.2 Å². The number of carbonyl (C=O) groups excluding carboxylic acids is 2. The van der Waals surface area contributed by atoms with Crippen molar-refractivity contribution in [1.29, 1.82) is 0 Å². The molecule has 1 N–H and O–H groups in total. The molecule has 1 fully saturated rings. The van der Waals surface area contributed by atoms with Gasteiger partial charge in [-0.2, -0.15) is 4.31 Å². The Bertz CT molecular complexity index is 1950. The van der Waals surface area contributed by atoms with Gasteiger partial charge in [-0.1, -0.05) is 36.8 Å². The molecule has 0 spiro atoms. The molecular weight excluding hydrogens is 618 g/mol. The summed E-state index contributed by atoms with van der Waals surface area (Å²) in [5.41, 5.74) is 4.77. The number of aromatic nitrogens is 1. The second-order valence-corrected chi connectivity index (χ2v) is 13.5. The van der Waals surface area contributed by atoms with E-state index in [0.717, 1.165) is 60.2 Å². The zero-order valence-corrected chi connectivity index (χ0v) is 27.3. The number of sulfonamides is 1. The molecule has 1 amide bonds. The highest BCUT2D eigenvalue weighted by molar-refractivity contribution is 7.89. The molecule has 1 aliphatic heterocycles. The Morgan fingerprint density at radius 2 is 1.68 bits per heavy atom. The number of methoxy groups -OCH3 is 2. The number of anilines is 1. The van der Waals surface area contributed by atoms with Crippen LogP contribution in [-0.2, 0) is 26.0 Å². The van der Waals surface area contributed by atoms with Gasteiger partial charge in [0.15, 0.2) is 6.61 Å². The number of para-hydroxylation sites is 1. The fraction of sp³-hybridized carbons (Fsp3) is 0.306. The van der Waals surface area contributed by atoms with Gasteiger partial charge in [-0.3, -0.25) is 4.79 Å². The van der Waals surface area contributed by atoms with Gasteiger partial charge in [-0.25, -0.2) is 18.2 Å². The Kier molecular flexibility index (Phi) is 9.55. The Morgan fingerprint density at radius 3 is 2.43 bits per heavy atom. The highest BCUT2D eigenvalue weighted by Gasteiger charge is 2.28. The number of carbonyl (C=O) groups is 2. The number of pyridine rings is 1. The van der Waals surface area contributed by atoms with Crippen LogP contribution in [0, 0.1) is 0 Å². The van der Waals surface area contributed by atoms with Crippen molar-refractivity contribution in [2.45, 2.75) is 43.4 Å². The van der Waals surface area contributed by atoms with Gasteiger partial charge in [0.2, 0.25) is 10.0 Å². The molecule has 1 saturated heterocycles. The zero-order chi connectivity index (χ0) is 33.0. The second kappa shape index (κ2) is 13.9. The van der Waals surface area contributed by atoms with E-state index >= 15 is 0 Å². The van der Waals surface area contributed by atoms with E-state index in [-0.39, 0.29) is 16.3 Å². The van der Waals surface area contributed by atoms with E-state index < -0.39 is 28.5 Å². The van der Waals surface area contributed by atoms with E-state index in [1.165, 1.54) is 29.6 Å². The lowest BCUT2D eigenvalue weighted by atomic mass is 9.86. The second-order valence-electron chi connectivity index (χ2n) is 11.6. The number of allylic oxidation sites excluding steroid dienone is 1. The van der Waals surface area contributed by atoms with Crippen molar-refractivity contribution in [3.8, 4) is 11.5 Å². The van der Waals surface area contributed by atoms with E-state index in [0.29, 0.717) is 36.0 Å². The van der Waals surface area contributed by atoms with Crippen LogP contribution in [0.25, 0.3) is 22.6 Å². The van der Waals surface area contributed by atoms with Crippen LogP contribution in [-0.4, -0.2) is 63.5 Å². The fourth-order valence-corrected chi connectivity index (χ4v) is 7.74. The first-order valence-electron chi connectivity index (χ1n) is 15.7. The highest BCUT2D eigenvalue weighted by Crippen LogP contribution is 2.37. The fourth-order valence-electron chi connectivity index (χ4n) is 6.20. The number of hydrogen-bond acceptors (Lipinski definition) is 8. The molecule has 3 aromatic carbocycles. The van der Waals surface area contributed by atoms with Crippen LogP contribution in [0.15, 0.2) is 71.6 Å². The van der Waals surface area contributed by atoms with E-state index in [1.54, 1.807) is 7.11 Å². The molecular formula is C36H37N3O7S. The molecule has 10 nitrogen and oxygen atoms in total. The zero-order valence-electron chi connectivity index (χ0n) is 26.5. The normalized spacial score (nSPS) is 16.0. The predicted octanol–water partition coefficient (Wildman–Crippen LogP) is 6.10. The van der Waals surface area contributed by atoms with Gasteiger partial charge in [-0.15, -0.1) is 0 Å². The van der Waals surface area contributed by atoms with Gasteiger partial charge < -0.3 is 19.5 Å². The van der Waals surface area contributed by atoms with Gasteiger partial charge in [0, 0.05) is 18.5 Å². The molecule has 1 aliphatic carbocycles. The van der Waals surface area contributed by atoms with Crippen molar-refractivity contribution in [2.75, 3.05) is 39.2 Å². The molecule has 0 atom stereocenters. The third-order valence-corrected chi connectivity index (χ3v) is 10.5. The van der Waals surface area contributed by atoms with Gasteiger partial charge in [-0.05, 0) is 91.3 Å². The lowest BCUT2D eigenvalue weighted by molar-refractivity contribution is -0.119. The monoisotopic (exact) mass is 655 g/mol. The molecule has 11 heteroatoms. The van der Waals surface area contributed by atoms with Crippen LogP contribution < -0.4 is 14.8 Å². The summed E-state index contributed by atoms with van der Waals surface area (Å²) in [6.45, 7) is 0.335. The molecule has 47 heavy (non-hydrogen) atoms.